The van der Waals surface area contributed by atoms with Crippen LogP contribution in [0.4, 0.5) is 65.9 Å². The quantitative estimate of drug-likeness (QED) is 0.344. The molecule has 0 bridgehead atoms. The van der Waals surface area contributed by atoms with E-state index in [4.69, 9.17) is 5.11 Å². The molecule has 0 radical (unpaired) electrons. The van der Waals surface area contributed by atoms with E-state index in [1.54, 1.807) is 0 Å². The predicted molar refractivity (Wildman–Crippen MR) is 52.5 cm³/mol. The third kappa shape index (κ3) is 3.17. The molecule has 0 aromatic rings. The van der Waals surface area contributed by atoms with E-state index in [1.807, 2.05) is 0 Å². The van der Waals surface area contributed by atoms with Gasteiger partial charge >= 0.3 is 41.7 Å². The summed E-state index contributed by atoms with van der Waals surface area (Å²) in [4.78, 5) is 10.5. The van der Waals surface area contributed by atoms with Crippen molar-refractivity contribution in [2.45, 2.75) is 41.7 Å². The lowest BCUT2D eigenvalue weighted by Crippen LogP contribution is -2.73. The molecule has 0 spiro atoms. The molecule has 0 rings (SSSR count). The molecule has 0 aromatic heterocycles. The van der Waals surface area contributed by atoms with Crippen molar-refractivity contribution in [2.75, 3.05) is 0 Å². The van der Waals surface area contributed by atoms with Crippen molar-refractivity contribution in [3.8, 4) is 0 Å². The summed E-state index contributed by atoms with van der Waals surface area (Å²) in [7, 11) is 0. The van der Waals surface area contributed by atoms with Crippen molar-refractivity contribution in [1.82, 2.24) is 0 Å². The molecule has 0 aliphatic carbocycles. The summed E-state index contributed by atoms with van der Waals surface area (Å²) in [5, 5.41) is 7.89. The number of alkyl halides is 15. The molecule has 0 aliphatic rings. The molecule has 0 aromatic carbocycles. The lowest BCUT2D eigenvalue weighted by Gasteiger charge is -2.40. The second kappa shape index (κ2) is 6.35. The molecule has 0 fully saturated rings. The molecule has 2 nitrogen and oxygen atoms in total. The highest BCUT2D eigenvalue weighted by molar-refractivity contribution is 5.96. The van der Waals surface area contributed by atoms with E-state index < -0.39 is 59.8 Å². The molecule has 160 valence electrons. The number of hydrogen-bond acceptors (Lipinski definition) is 2. The smallest absolute Gasteiger partial charge is 0.460 e. The van der Waals surface area contributed by atoms with Gasteiger partial charge in [-0.05, 0) is 0 Å². The third-order valence-electron chi connectivity index (χ3n) is 2.86. The Kier molecular flexibility index (Phi) is 5.92. The van der Waals surface area contributed by atoms with Crippen LogP contribution in [-0.4, -0.2) is 52.6 Å². The Morgan fingerprint density at radius 1 is 0.556 bits per heavy atom. The number of rotatable bonds is 7. The Balaban J connectivity index is 6.60. The summed E-state index contributed by atoms with van der Waals surface area (Å²) in [6, 6.07) is 0. The van der Waals surface area contributed by atoms with Gasteiger partial charge in [0.25, 0.3) is 0 Å². The van der Waals surface area contributed by atoms with Crippen LogP contribution in [0.5, 0.6) is 0 Å². The molecule has 0 unspecified atom stereocenters. The minimum absolute atomic E-state index is 0.797. The molecule has 17 heteroatoms. The second-order valence-corrected chi connectivity index (χ2v) is 4.62. The number of ketones is 1. The van der Waals surface area contributed by atoms with Gasteiger partial charge in [0.2, 0.25) is 5.78 Å². The average molecular weight is 440 g/mol. The summed E-state index contributed by atoms with van der Waals surface area (Å²) in [5.41, 5.74) is 0. The third-order valence-corrected chi connectivity index (χ3v) is 2.86. The summed E-state index contributed by atoms with van der Waals surface area (Å²) < 4.78 is 190. The second-order valence-electron chi connectivity index (χ2n) is 4.62. The van der Waals surface area contributed by atoms with Crippen molar-refractivity contribution in [3.63, 3.8) is 0 Å². The van der Waals surface area contributed by atoms with E-state index in [-0.39, 0.29) is 0 Å². The molecule has 0 amide bonds. The number of carbonyl (C=O) groups is 1. The molecule has 0 heterocycles. The predicted octanol–water partition coefficient (Wildman–Crippen LogP) is 5.00. The fourth-order valence-electron chi connectivity index (χ4n) is 1.29. The summed E-state index contributed by atoms with van der Waals surface area (Å²) in [6.45, 7) is 0. The van der Waals surface area contributed by atoms with Crippen LogP contribution in [0, 0.1) is 0 Å². The lowest BCUT2D eigenvalue weighted by atomic mass is 9.90. The first kappa shape index (κ1) is 25.2. The number of allylic oxidation sites excluding steroid dienone is 1. The van der Waals surface area contributed by atoms with Crippen molar-refractivity contribution < 1.29 is 75.8 Å². The average Bonchev–Trinajstić information content (AvgIpc) is 2.45. The molecule has 0 saturated carbocycles. The van der Waals surface area contributed by atoms with Gasteiger partial charge in [-0.15, -0.1) is 0 Å². The SMILES string of the molecule is O=C(/C=C/O)C(F)(F)C(F)(F)C(F)(F)C(F)(F)C(F)(F)C(F)(F)C(F)(F)F. The number of carbonyl (C=O) groups excluding carboxylic acids is 1. The van der Waals surface area contributed by atoms with Crippen LogP contribution in [0.15, 0.2) is 12.3 Å². The maximum Gasteiger partial charge on any atom is 0.460 e. The molecule has 27 heavy (non-hydrogen) atoms. The van der Waals surface area contributed by atoms with Gasteiger partial charge in [0, 0.05) is 6.08 Å². The largest absolute Gasteiger partial charge is 0.515 e. The maximum atomic E-state index is 13.1. The molecular formula is C10H3F15O2. The van der Waals surface area contributed by atoms with Crippen molar-refractivity contribution in [2.24, 2.45) is 0 Å². The van der Waals surface area contributed by atoms with Gasteiger partial charge in [-0.1, -0.05) is 0 Å². The van der Waals surface area contributed by atoms with Crippen LogP contribution in [-0.2, 0) is 4.79 Å². The van der Waals surface area contributed by atoms with Crippen LogP contribution in [0.25, 0.3) is 0 Å². The molecule has 0 saturated heterocycles. The van der Waals surface area contributed by atoms with Crippen LogP contribution in [0.1, 0.15) is 0 Å². The van der Waals surface area contributed by atoms with Crippen LogP contribution >= 0.6 is 0 Å². The molecule has 1 N–H and O–H groups in total. The summed E-state index contributed by atoms with van der Waals surface area (Å²) in [6.07, 6.45) is -9.51. The fraction of sp³-hybridized carbons (Fsp3) is 0.700. The highest BCUT2D eigenvalue weighted by atomic mass is 19.4. The van der Waals surface area contributed by atoms with Gasteiger partial charge in [0.15, 0.2) is 0 Å². The van der Waals surface area contributed by atoms with E-state index >= 15 is 0 Å². The Morgan fingerprint density at radius 2 is 0.852 bits per heavy atom. The zero-order valence-corrected chi connectivity index (χ0v) is 11.7. The Hall–Kier alpha value is -1.84. The monoisotopic (exact) mass is 440 g/mol. The lowest BCUT2D eigenvalue weighted by molar-refractivity contribution is -0.449. The van der Waals surface area contributed by atoms with Crippen molar-refractivity contribution >= 4 is 5.78 Å². The van der Waals surface area contributed by atoms with Crippen molar-refractivity contribution in [3.05, 3.63) is 12.3 Å². The van der Waals surface area contributed by atoms with E-state index in [0.29, 0.717) is 0 Å². The number of hydrogen-bond donors (Lipinski definition) is 1. The standard InChI is InChI=1S/C10H3F15O2/c11-4(12,3(27)1-2-26)5(13,14)6(15,16)7(17,18)8(19,20)9(21,22)10(23,24)25/h1-2,26H/b2-1+. The van der Waals surface area contributed by atoms with E-state index in [0.717, 1.165) is 0 Å². The van der Waals surface area contributed by atoms with Crippen molar-refractivity contribution in [1.29, 1.82) is 0 Å². The van der Waals surface area contributed by atoms with Gasteiger partial charge in [0.05, 0.1) is 6.26 Å². The Labute approximate surface area is 137 Å². The number of aliphatic hydroxyl groups excluding tert-OH is 1. The highest BCUT2D eigenvalue weighted by Crippen LogP contribution is 2.62. The van der Waals surface area contributed by atoms with Crippen LogP contribution < -0.4 is 0 Å². The molecule has 0 aliphatic heterocycles. The minimum atomic E-state index is -8.45. The Bertz CT molecular complexity index is 600. The number of halogens is 15. The van der Waals surface area contributed by atoms with Gasteiger partial charge in [0.1, 0.15) is 0 Å². The molecular weight excluding hydrogens is 437 g/mol. The van der Waals surface area contributed by atoms with Crippen LogP contribution in [0.3, 0.4) is 0 Å². The zero-order valence-electron chi connectivity index (χ0n) is 11.7. The van der Waals surface area contributed by atoms with Gasteiger partial charge in [-0.3, -0.25) is 4.79 Å². The Morgan fingerprint density at radius 3 is 1.15 bits per heavy atom. The van der Waals surface area contributed by atoms with E-state index in [9.17, 15) is 70.7 Å². The first-order chi connectivity index (χ1) is 11.5. The summed E-state index contributed by atoms with van der Waals surface area (Å²) in [5.74, 6) is -51.7. The minimum Gasteiger partial charge on any atom is -0.515 e. The number of aliphatic hydroxyl groups is 1. The van der Waals surface area contributed by atoms with Gasteiger partial charge in [-0.25, -0.2) is 0 Å². The topological polar surface area (TPSA) is 37.3 Å². The zero-order chi connectivity index (χ0) is 22.5. The normalized spacial score (nSPS) is 16.1. The van der Waals surface area contributed by atoms with E-state index in [1.165, 1.54) is 0 Å². The highest BCUT2D eigenvalue weighted by Gasteiger charge is 2.93. The van der Waals surface area contributed by atoms with E-state index in [2.05, 4.69) is 0 Å². The first-order valence-electron chi connectivity index (χ1n) is 5.67. The first-order valence-corrected chi connectivity index (χ1v) is 5.67. The molecule has 0 atom stereocenters. The van der Waals surface area contributed by atoms with Gasteiger partial charge in [-0.2, -0.15) is 65.9 Å². The fourth-order valence-corrected chi connectivity index (χ4v) is 1.29. The van der Waals surface area contributed by atoms with Crippen LogP contribution in [0.2, 0.25) is 0 Å². The maximum absolute atomic E-state index is 13.1. The summed E-state index contributed by atoms with van der Waals surface area (Å²) >= 11 is 0. The van der Waals surface area contributed by atoms with Gasteiger partial charge < -0.3 is 5.11 Å².